The van der Waals surface area contributed by atoms with Crippen molar-refractivity contribution in [2.75, 3.05) is 18.0 Å². The lowest BCUT2D eigenvalue weighted by molar-refractivity contribution is -0.124. The molecule has 1 fully saturated rings. The van der Waals surface area contributed by atoms with Crippen molar-refractivity contribution < 1.29 is 9.59 Å². The Bertz CT molecular complexity index is 836. The summed E-state index contributed by atoms with van der Waals surface area (Å²) in [4.78, 5) is 29.0. The molecule has 1 aliphatic rings. The highest BCUT2D eigenvalue weighted by molar-refractivity contribution is 6.36. The quantitative estimate of drug-likeness (QED) is 0.777. The molecule has 2 amide bonds. The predicted molar refractivity (Wildman–Crippen MR) is 105 cm³/mol. The lowest BCUT2D eigenvalue weighted by Crippen LogP contribution is -2.57. The molecule has 0 N–H and O–H groups in total. The summed E-state index contributed by atoms with van der Waals surface area (Å²) in [5.41, 5.74) is 2.44. The van der Waals surface area contributed by atoms with Crippen LogP contribution in [0.15, 0.2) is 42.5 Å². The molecule has 1 heterocycles. The van der Waals surface area contributed by atoms with Crippen LogP contribution in [0.5, 0.6) is 0 Å². The molecule has 2 aromatic carbocycles. The van der Waals surface area contributed by atoms with Crippen LogP contribution in [0.3, 0.4) is 0 Å². The van der Waals surface area contributed by atoms with E-state index in [0.29, 0.717) is 28.7 Å². The number of rotatable bonds is 3. The highest BCUT2D eigenvalue weighted by Crippen LogP contribution is 2.26. The largest absolute Gasteiger partial charge is 0.325 e. The number of halogens is 2. The number of hydrogen-bond donors (Lipinski definition) is 0. The van der Waals surface area contributed by atoms with E-state index in [-0.39, 0.29) is 11.8 Å². The van der Waals surface area contributed by atoms with Crippen LogP contribution in [0.1, 0.15) is 29.8 Å². The number of carbonyl (C=O) groups is 2. The molecule has 0 aliphatic carbocycles. The minimum absolute atomic E-state index is 0.0982. The first-order valence-corrected chi connectivity index (χ1v) is 9.34. The van der Waals surface area contributed by atoms with Crippen molar-refractivity contribution in [3.05, 3.63) is 63.6 Å². The molecule has 0 bridgehead atoms. The first-order chi connectivity index (χ1) is 12.4. The van der Waals surface area contributed by atoms with E-state index in [4.69, 9.17) is 23.2 Å². The van der Waals surface area contributed by atoms with E-state index in [9.17, 15) is 9.59 Å². The molecule has 4 nitrogen and oxygen atoms in total. The number of aryl methyl sites for hydroxylation is 1. The Kier molecular flexibility index (Phi) is 5.54. The SMILES string of the molecule is CCc1ccc(N2CCN(C(=O)c3ccc(Cl)cc3Cl)C(C)C2=O)cc1. The van der Waals surface area contributed by atoms with Gasteiger partial charge in [0.25, 0.3) is 5.91 Å². The Labute approximate surface area is 163 Å². The third-order valence-corrected chi connectivity index (χ3v) is 5.28. The van der Waals surface area contributed by atoms with Crippen LogP contribution in [0.25, 0.3) is 0 Å². The molecule has 0 spiro atoms. The van der Waals surface area contributed by atoms with Gasteiger partial charge in [-0.05, 0) is 49.2 Å². The van der Waals surface area contributed by atoms with E-state index in [2.05, 4.69) is 6.92 Å². The Balaban J connectivity index is 1.79. The lowest BCUT2D eigenvalue weighted by atomic mass is 10.1. The molecule has 0 saturated carbocycles. The first kappa shape index (κ1) is 18.7. The van der Waals surface area contributed by atoms with Gasteiger partial charge < -0.3 is 9.80 Å². The summed E-state index contributed by atoms with van der Waals surface area (Å²) in [7, 11) is 0. The van der Waals surface area contributed by atoms with Gasteiger partial charge in [-0.25, -0.2) is 0 Å². The van der Waals surface area contributed by atoms with Crippen molar-refractivity contribution in [3.63, 3.8) is 0 Å². The molecule has 136 valence electrons. The fourth-order valence-electron chi connectivity index (χ4n) is 3.13. The molecule has 0 aromatic heterocycles. The van der Waals surface area contributed by atoms with Crippen LogP contribution in [-0.2, 0) is 11.2 Å². The monoisotopic (exact) mass is 390 g/mol. The molecule has 3 rings (SSSR count). The van der Waals surface area contributed by atoms with Crippen molar-refractivity contribution in [2.45, 2.75) is 26.3 Å². The maximum absolute atomic E-state index is 12.8. The van der Waals surface area contributed by atoms with Gasteiger partial charge in [0.15, 0.2) is 0 Å². The summed E-state index contributed by atoms with van der Waals surface area (Å²) in [5.74, 6) is -0.354. The van der Waals surface area contributed by atoms with Crippen LogP contribution in [-0.4, -0.2) is 35.8 Å². The van der Waals surface area contributed by atoms with Crippen LogP contribution in [0.4, 0.5) is 5.69 Å². The molecule has 1 unspecified atom stereocenters. The van der Waals surface area contributed by atoms with E-state index in [1.54, 1.807) is 28.9 Å². The fourth-order valence-corrected chi connectivity index (χ4v) is 3.62. The minimum Gasteiger partial charge on any atom is -0.325 e. The molecule has 26 heavy (non-hydrogen) atoms. The zero-order valence-corrected chi connectivity index (χ0v) is 16.2. The number of nitrogens with zero attached hydrogens (tertiary/aromatic N) is 2. The molecule has 6 heteroatoms. The third kappa shape index (κ3) is 3.57. The summed E-state index contributed by atoms with van der Waals surface area (Å²) in [6.45, 7) is 4.73. The Hall–Kier alpha value is -2.04. The van der Waals surface area contributed by atoms with E-state index in [1.165, 1.54) is 11.6 Å². The van der Waals surface area contributed by atoms with Gasteiger partial charge in [0.1, 0.15) is 6.04 Å². The van der Waals surface area contributed by atoms with E-state index in [0.717, 1.165) is 12.1 Å². The molecule has 1 aliphatic heterocycles. The standard InChI is InChI=1S/C20H20Cl2N2O2/c1-3-14-4-7-16(8-5-14)24-11-10-23(13(2)19(24)25)20(26)17-9-6-15(21)12-18(17)22/h4-9,12-13H,3,10-11H2,1-2H3. The normalized spacial score (nSPS) is 17.5. The van der Waals surface area contributed by atoms with Gasteiger partial charge in [-0.15, -0.1) is 0 Å². The number of piperazine rings is 1. The van der Waals surface area contributed by atoms with Gasteiger partial charge in [0.05, 0.1) is 10.6 Å². The summed E-state index contributed by atoms with van der Waals surface area (Å²) in [6, 6.07) is 12.2. The van der Waals surface area contributed by atoms with E-state index >= 15 is 0 Å². The van der Waals surface area contributed by atoms with E-state index in [1.807, 2.05) is 24.3 Å². The van der Waals surface area contributed by atoms with Crippen LogP contribution >= 0.6 is 23.2 Å². The van der Waals surface area contributed by atoms with Gasteiger partial charge in [-0.1, -0.05) is 42.3 Å². The second-order valence-corrected chi connectivity index (χ2v) is 7.15. The number of carbonyl (C=O) groups excluding carboxylic acids is 2. The highest BCUT2D eigenvalue weighted by atomic mass is 35.5. The summed E-state index contributed by atoms with van der Waals surface area (Å²) < 4.78 is 0. The van der Waals surface area contributed by atoms with Crippen molar-refractivity contribution in [1.29, 1.82) is 0 Å². The van der Waals surface area contributed by atoms with E-state index < -0.39 is 6.04 Å². The molecule has 2 aromatic rings. The molecule has 0 radical (unpaired) electrons. The smallest absolute Gasteiger partial charge is 0.256 e. The lowest BCUT2D eigenvalue weighted by Gasteiger charge is -2.39. The fraction of sp³-hybridized carbons (Fsp3) is 0.300. The number of anilines is 1. The predicted octanol–water partition coefficient (Wildman–Crippen LogP) is 4.43. The number of amides is 2. The Morgan fingerprint density at radius 1 is 1.12 bits per heavy atom. The average Bonchev–Trinajstić information content (AvgIpc) is 2.63. The van der Waals surface area contributed by atoms with Gasteiger partial charge in [0, 0.05) is 23.8 Å². The number of benzene rings is 2. The second kappa shape index (κ2) is 7.68. The van der Waals surface area contributed by atoms with Crippen LogP contribution in [0, 0.1) is 0 Å². The Morgan fingerprint density at radius 3 is 2.42 bits per heavy atom. The van der Waals surface area contributed by atoms with Crippen LogP contribution < -0.4 is 4.90 Å². The van der Waals surface area contributed by atoms with Crippen molar-refractivity contribution in [1.82, 2.24) is 4.90 Å². The maximum Gasteiger partial charge on any atom is 0.256 e. The summed E-state index contributed by atoms with van der Waals surface area (Å²) in [5, 5.41) is 0.760. The van der Waals surface area contributed by atoms with Gasteiger partial charge in [-0.3, -0.25) is 9.59 Å². The van der Waals surface area contributed by atoms with Gasteiger partial charge >= 0.3 is 0 Å². The molecule has 1 saturated heterocycles. The van der Waals surface area contributed by atoms with Crippen molar-refractivity contribution in [3.8, 4) is 0 Å². The van der Waals surface area contributed by atoms with Crippen molar-refractivity contribution in [2.24, 2.45) is 0 Å². The maximum atomic E-state index is 12.8. The molecule has 1 atom stereocenters. The van der Waals surface area contributed by atoms with Crippen LogP contribution in [0.2, 0.25) is 10.0 Å². The zero-order chi connectivity index (χ0) is 18.8. The average molecular weight is 391 g/mol. The first-order valence-electron chi connectivity index (χ1n) is 8.58. The second-order valence-electron chi connectivity index (χ2n) is 6.31. The topological polar surface area (TPSA) is 40.6 Å². The van der Waals surface area contributed by atoms with Gasteiger partial charge in [-0.2, -0.15) is 0 Å². The molecular weight excluding hydrogens is 371 g/mol. The summed E-state index contributed by atoms with van der Waals surface area (Å²) >= 11 is 12.1. The Morgan fingerprint density at radius 2 is 1.81 bits per heavy atom. The molecular formula is C20H20Cl2N2O2. The number of hydrogen-bond acceptors (Lipinski definition) is 2. The zero-order valence-electron chi connectivity index (χ0n) is 14.7. The minimum atomic E-state index is -0.561. The van der Waals surface area contributed by atoms with Gasteiger partial charge in [0.2, 0.25) is 5.91 Å². The van der Waals surface area contributed by atoms with Crippen molar-refractivity contribution >= 4 is 40.7 Å². The summed E-state index contributed by atoms with van der Waals surface area (Å²) in [6.07, 6.45) is 0.953. The third-order valence-electron chi connectivity index (χ3n) is 4.73. The highest BCUT2D eigenvalue weighted by Gasteiger charge is 2.35.